The molecule has 0 unspecified atom stereocenters. The highest BCUT2D eigenvalue weighted by Crippen LogP contribution is 2.14. The van der Waals surface area contributed by atoms with Crippen LogP contribution in [0.4, 0.5) is 5.69 Å². The second kappa shape index (κ2) is 8.42. The van der Waals surface area contributed by atoms with E-state index in [9.17, 15) is 9.90 Å². The van der Waals surface area contributed by atoms with Gasteiger partial charge in [-0.05, 0) is 48.5 Å². The number of carbonyl (C=O) groups is 1. The third kappa shape index (κ3) is 5.20. The van der Waals surface area contributed by atoms with Crippen LogP contribution in [0, 0.1) is 0 Å². The minimum Gasteiger partial charge on any atom is -0.508 e. The van der Waals surface area contributed by atoms with Crippen LogP contribution in [0.25, 0.3) is 0 Å². The summed E-state index contributed by atoms with van der Waals surface area (Å²) >= 11 is 0. The molecule has 0 aliphatic rings. The standard InChI is InChI=1S/C17H20N4O3/c1-24-15-8-4-13(5-9-15)21-17(18)20-11-10-19-16(23)12-2-6-14(22)7-3-12/h2-9,22H,10-11H2,1H3,(H,19,23)(H3,18,20,21). The lowest BCUT2D eigenvalue weighted by atomic mass is 10.2. The number of rotatable bonds is 6. The van der Waals surface area contributed by atoms with Crippen molar-refractivity contribution in [2.24, 2.45) is 10.7 Å². The first-order valence-electron chi connectivity index (χ1n) is 7.36. The summed E-state index contributed by atoms with van der Waals surface area (Å²) in [5.74, 6) is 0.910. The van der Waals surface area contributed by atoms with Gasteiger partial charge >= 0.3 is 0 Å². The SMILES string of the molecule is COc1ccc(NC(N)=NCCNC(=O)c2ccc(O)cc2)cc1. The molecule has 5 N–H and O–H groups in total. The summed E-state index contributed by atoms with van der Waals surface area (Å²) in [6.45, 7) is 0.698. The van der Waals surface area contributed by atoms with Gasteiger partial charge in [0.1, 0.15) is 11.5 Å². The highest BCUT2D eigenvalue weighted by atomic mass is 16.5. The summed E-state index contributed by atoms with van der Waals surface area (Å²) in [6.07, 6.45) is 0. The fraction of sp³-hybridized carbons (Fsp3) is 0.176. The average Bonchev–Trinajstić information content (AvgIpc) is 2.60. The number of amides is 1. The van der Waals surface area contributed by atoms with E-state index in [1.807, 2.05) is 24.3 Å². The summed E-state index contributed by atoms with van der Waals surface area (Å²) < 4.78 is 5.08. The second-order valence-electron chi connectivity index (χ2n) is 4.92. The van der Waals surface area contributed by atoms with E-state index in [1.165, 1.54) is 12.1 Å². The van der Waals surface area contributed by atoms with Crippen LogP contribution in [0.1, 0.15) is 10.4 Å². The molecule has 24 heavy (non-hydrogen) atoms. The third-order valence-electron chi connectivity index (χ3n) is 3.17. The molecule has 0 heterocycles. The van der Waals surface area contributed by atoms with Gasteiger partial charge in [0, 0.05) is 17.8 Å². The summed E-state index contributed by atoms with van der Waals surface area (Å²) in [4.78, 5) is 16.0. The Morgan fingerprint density at radius 1 is 1.17 bits per heavy atom. The Hall–Kier alpha value is -3.22. The van der Waals surface area contributed by atoms with Crippen molar-refractivity contribution in [2.75, 3.05) is 25.5 Å². The van der Waals surface area contributed by atoms with Crippen molar-refractivity contribution in [1.82, 2.24) is 5.32 Å². The predicted molar refractivity (Wildman–Crippen MR) is 93.5 cm³/mol. The number of hydrogen-bond acceptors (Lipinski definition) is 4. The zero-order valence-electron chi connectivity index (χ0n) is 13.3. The molecule has 0 aliphatic carbocycles. The Morgan fingerprint density at radius 3 is 2.46 bits per heavy atom. The molecular formula is C17H20N4O3. The van der Waals surface area contributed by atoms with Crippen LogP contribution in [0.3, 0.4) is 0 Å². The summed E-state index contributed by atoms with van der Waals surface area (Å²) in [5.41, 5.74) is 7.06. The number of guanidine groups is 1. The van der Waals surface area contributed by atoms with Crippen LogP contribution >= 0.6 is 0 Å². The maximum Gasteiger partial charge on any atom is 0.251 e. The van der Waals surface area contributed by atoms with Gasteiger partial charge in [0.2, 0.25) is 0 Å². The van der Waals surface area contributed by atoms with E-state index < -0.39 is 0 Å². The highest BCUT2D eigenvalue weighted by molar-refractivity contribution is 5.94. The molecule has 0 atom stereocenters. The number of phenols is 1. The zero-order chi connectivity index (χ0) is 17.4. The van der Waals surface area contributed by atoms with Gasteiger partial charge in [-0.15, -0.1) is 0 Å². The number of hydrogen-bond donors (Lipinski definition) is 4. The van der Waals surface area contributed by atoms with Gasteiger partial charge < -0.3 is 26.2 Å². The maximum absolute atomic E-state index is 11.9. The number of methoxy groups -OCH3 is 1. The van der Waals surface area contributed by atoms with Crippen molar-refractivity contribution in [3.8, 4) is 11.5 Å². The van der Waals surface area contributed by atoms with Crippen molar-refractivity contribution in [1.29, 1.82) is 0 Å². The van der Waals surface area contributed by atoms with Gasteiger partial charge in [-0.25, -0.2) is 0 Å². The Labute approximate surface area is 140 Å². The topological polar surface area (TPSA) is 109 Å². The van der Waals surface area contributed by atoms with E-state index in [2.05, 4.69) is 15.6 Å². The Bertz CT molecular complexity index is 697. The van der Waals surface area contributed by atoms with Crippen LogP contribution in [-0.2, 0) is 0 Å². The molecule has 126 valence electrons. The van der Waals surface area contributed by atoms with E-state index in [0.717, 1.165) is 11.4 Å². The average molecular weight is 328 g/mol. The first-order chi connectivity index (χ1) is 11.6. The fourth-order valence-corrected chi connectivity index (χ4v) is 1.92. The quantitative estimate of drug-likeness (QED) is 0.365. The molecule has 0 saturated heterocycles. The number of nitrogens with two attached hydrogens (primary N) is 1. The number of anilines is 1. The van der Waals surface area contributed by atoms with Crippen LogP contribution in [0.5, 0.6) is 11.5 Å². The fourth-order valence-electron chi connectivity index (χ4n) is 1.92. The molecule has 0 aromatic heterocycles. The lowest BCUT2D eigenvalue weighted by molar-refractivity contribution is 0.0955. The largest absolute Gasteiger partial charge is 0.508 e. The van der Waals surface area contributed by atoms with Gasteiger partial charge in [0.15, 0.2) is 5.96 Å². The smallest absolute Gasteiger partial charge is 0.251 e. The first-order valence-corrected chi connectivity index (χ1v) is 7.36. The molecule has 0 saturated carbocycles. The summed E-state index contributed by atoms with van der Waals surface area (Å²) in [7, 11) is 1.60. The molecule has 2 aromatic carbocycles. The van der Waals surface area contributed by atoms with E-state index in [4.69, 9.17) is 10.5 Å². The molecule has 2 aromatic rings. The molecular weight excluding hydrogens is 308 g/mol. The molecule has 0 aliphatic heterocycles. The minimum atomic E-state index is -0.230. The van der Waals surface area contributed by atoms with Crippen molar-refractivity contribution >= 4 is 17.6 Å². The maximum atomic E-state index is 11.9. The molecule has 7 heteroatoms. The number of nitrogens with zero attached hydrogens (tertiary/aromatic N) is 1. The van der Waals surface area contributed by atoms with E-state index in [1.54, 1.807) is 19.2 Å². The highest BCUT2D eigenvalue weighted by Gasteiger charge is 2.04. The van der Waals surface area contributed by atoms with Gasteiger partial charge in [0.05, 0.1) is 13.7 Å². The summed E-state index contributed by atoms with van der Waals surface area (Å²) in [6, 6.07) is 13.3. The van der Waals surface area contributed by atoms with Gasteiger partial charge in [-0.3, -0.25) is 9.79 Å². The van der Waals surface area contributed by atoms with Gasteiger partial charge in [-0.1, -0.05) is 0 Å². The van der Waals surface area contributed by atoms with Gasteiger partial charge in [-0.2, -0.15) is 0 Å². The lowest BCUT2D eigenvalue weighted by Gasteiger charge is -2.07. The van der Waals surface area contributed by atoms with Crippen molar-refractivity contribution in [2.45, 2.75) is 0 Å². The molecule has 0 spiro atoms. The van der Waals surface area contributed by atoms with Crippen LogP contribution in [0.2, 0.25) is 0 Å². The predicted octanol–water partition coefficient (Wildman–Crippen LogP) is 1.56. The van der Waals surface area contributed by atoms with E-state index in [-0.39, 0.29) is 17.6 Å². The number of ether oxygens (including phenoxy) is 1. The lowest BCUT2D eigenvalue weighted by Crippen LogP contribution is -2.28. The normalized spacial score (nSPS) is 11.0. The number of nitrogens with one attached hydrogen (secondary N) is 2. The van der Waals surface area contributed by atoms with Crippen molar-refractivity contribution < 1.29 is 14.6 Å². The van der Waals surface area contributed by atoms with Crippen LogP contribution in [-0.4, -0.2) is 37.2 Å². The number of aliphatic imine (C=N–C) groups is 1. The van der Waals surface area contributed by atoms with Crippen LogP contribution in [0.15, 0.2) is 53.5 Å². The monoisotopic (exact) mass is 328 g/mol. The van der Waals surface area contributed by atoms with E-state index in [0.29, 0.717) is 18.7 Å². The minimum absolute atomic E-state index is 0.119. The Morgan fingerprint density at radius 2 is 1.83 bits per heavy atom. The Kier molecular flexibility index (Phi) is 6.01. The first kappa shape index (κ1) is 17.1. The molecule has 7 nitrogen and oxygen atoms in total. The number of phenolic OH excluding ortho intramolecular Hbond substituents is 1. The van der Waals surface area contributed by atoms with Gasteiger partial charge in [0.25, 0.3) is 5.91 Å². The van der Waals surface area contributed by atoms with Crippen LogP contribution < -0.4 is 21.1 Å². The molecule has 0 fully saturated rings. The number of benzene rings is 2. The molecule has 1 amide bonds. The Balaban J connectivity index is 1.76. The molecule has 0 radical (unpaired) electrons. The number of carbonyl (C=O) groups excluding carboxylic acids is 1. The second-order valence-corrected chi connectivity index (χ2v) is 4.92. The van der Waals surface area contributed by atoms with Crippen molar-refractivity contribution in [3.05, 3.63) is 54.1 Å². The van der Waals surface area contributed by atoms with Crippen molar-refractivity contribution in [3.63, 3.8) is 0 Å². The van der Waals surface area contributed by atoms with E-state index >= 15 is 0 Å². The summed E-state index contributed by atoms with van der Waals surface area (Å²) in [5, 5.41) is 14.9. The molecule has 0 bridgehead atoms. The number of aromatic hydroxyl groups is 1. The zero-order valence-corrected chi connectivity index (χ0v) is 13.3. The third-order valence-corrected chi connectivity index (χ3v) is 3.17. The molecule has 2 rings (SSSR count).